The summed E-state index contributed by atoms with van der Waals surface area (Å²) in [7, 11) is 1.92. The van der Waals surface area contributed by atoms with E-state index in [-0.39, 0.29) is 0 Å². The van der Waals surface area contributed by atoms with Gasteiger partial charge in [0, 0.05) is 23.3 Å². The summed E-state index contributed by atoms with van der Waals surface area (Å²) in [5.74, 6) is 0.853. The molecule has 3 aromatic heterocycles. The molecule has 118 valence electrons. The van der Waals surface area contributed by atoms with Crippen molar-refractivity contribution in [3.63, 3.8) is 0 Å². The Balaban J connectivity index is 1.83. The van der Waals surface area contributed by atoms with Crippen LogP contribution in [0.1, 0.15) is 5.69 Å². The molecular weight excluding hydrogens is 370 g/mol. The highest BCUT2D eigenvalue weighted by molar-refractivity contribution is 9.10. The number of aryl methyl sites for hydroxylation is 1. The van der Waals surface area contributed by atoms with E-state index in [1.54, 1.807) is 12.5 Å². The molecule has 24 heavy (non-hydrogen) atoms. The number of nitrogens with zero attached hydrogens (tertiary/aromatic N) is 7. The first kappa shape index (κ1) is 13.7. The lowest BCUT2D eigenvalue weighted by Crippen LogP contribution is -2.06. The third-order valence-electron chi connectivity index (χ3n) is 4.30. The molecule has 8 heteroatoms. The van der Waals surface area contributed by atoms with Gasteiger partial charge in [-0.05, 0) is 24.3 Å². The zero-order valence-corrected chi connectivity index (χ0v) is 14.3. The van der Waals surface area contributed by atoms with E-state index >= 15 is 0 Å². The second-order valence-electron chi connectivity index (χ2n) is 5.65. The maximum Gasteiger partial charge on any atom is 0.160 e. The quantitative estimate of drug-likeness (QED) is 0.447. The first-order valence-electron chi connectivity index (χ1n) is 7.45. The van der Waals surface area contributed by atoms with Crippen LogP contribution in [0.4, 0.5) is 0 Å². The predicted octanol–water partition coefficient (Wildman–Crippen LogP) is 2.66. The SMILES string of the molecule is Cn1nccc1-c1ncn2c1Cn1ncnc1-c1cc(Br)ccc1-2. The van der Waals surface area contributed by atoms with Crippen LogP contribution in [-0.4, -0.2) is 34.1 Å². The van der Waals surface area contributed by atoms with Crippen molar-refractivity contribution >= 4 is 15.9 Å². The number of aromatic nitrogens is 7. The molecular formula is C16H12BrN7. The molecule has 1 aliphatic rings. The lowest BCUT2D eigenvalue weighted by molar-refractivity contribution is 0.677. The Kier molecular flexibility index (Phi) is 2.78. The van der Waals surface area contributed by atoms with E-state index in [4.69, 9.17) is 0 Å². The number of hydrogen-bond donors (Lipinski definition) is 0. The van der Waals surface area contributed by atoms with Crippen molar-refractivity contribution in [3.05, 3.63) is 53.3 Å². The molecule has 0 N–H and O–H groups in total. The Bertz CT molecular complexity index is 1070. The average Bonchev–Trinajstić information content (AvgIpc) is 3.27. The molecule has 0 atom stereocenters. The summed E-state index contributed by atoms with van der Waals surface area (Å²) in [6, 6.07) is 8.13. The van der Waals surface area contributed by atoms with Gasteiger partial charge in [0.05, 0.1) is 23.6 Å². The van der Waals surface area contributed by atoms with E-state index in [1.807, 2.05) is 34.9 Å². The maximum absolute atomic E-state index is 4.65. The summed E-state index contributed by atoms with van der Waals surface area (Å²) in [5.41, 5.74) is 5.01. The molecule has 0 bridgehead atoms. The first-order valence-corrected chi connectivity index (χ1v) is 8.24. The average molecular weight is 382 g/mol. The third-order valence-corrected chi connectivity index (χ3v) is 4.80. The van der Waals surface area contributed by atoms with Crippen LogP contribution in [0.3, 0.4) is 0 Å². The third kappa shape index (κ3) is 1.83. The summed E-state index contributed by atoms with van der Waals surface area (Å²) in [6.07, 6.45) is 5.23. The van der Waals surface area contributed by atoms with Crippen molar-refractivity contribution in [1.82, 2.24) is 34.1 Å². The summed E-state index contributed by atoms with van der Waals surface area (Å²) in [4.78, 5) is 9.10. The van der Waals surface area contributed by atoms with Gasteiger partial charge in [0.2, 0.25) is 0 Å². The van der Waals surface area contributed by atoms with E-state index in [2.05, 4.69) is 52.8 Å². The molecule has 1 aromatic carbocycles. The van der Waals surface area contributed by atoms with Gasteiger partial charge in [-0.2, -0.15) is 10.2 Å². The van der Waals surface area contributed by atoms with Gasteiger partial charge in [0.1, 0.15) is 18.3 Å². The molecule has 0 saturated carbocycles. The Morgan fingerprint density at radius 2 is 2.04 bits per heavy atom. The molecule has 0 aliphatic carbocycles. The molecule has 0 saturated heterocycles. The zero-order valence-electron chi connectivity index (χ0n) is 12.8. The van der Waals surface area contributed by atoms with Crippen LogP contribution in [0.5, 0.6) is 0 Å². The van der Waals surface area contributed by atoms with Crippen LogP contribution in [-0.2, 0) is 13.6 Å². The fourth-order valence-electron chi connectivity index (χ4n) is 3.18. The number of fused-ring (bicyclic) bond motifs is 5. The highest BCUT2D eigenvalue weighted by atomic mass is 79.9. The van der Waals surface area contributed by atoms with Crippen molar-refractivity contribution in [2.24, 2.45) is 7.05 Å². The summed E-state index contributed by atoms with van der Waals surface area (Å²) < 4.78 is 6.86. The van der Waals surface area contributed by atoms with Crippen molar-refractivity contribution in [3.8, 4) is 28.5 Å². The van der Waals surface area contributed by atoms with E-state index in [0.29, 0.717) is 6.54 Å². The van der Waals surface area contributed by atoms with Crippen molar-refractivity contribution < 1.29 is 0 Å². The Morgan fingerprint density at radius 1 is 1.12 bits per heavy atom. The molecule has 5 rings (SSSR count). The normalized spacial score (nSPS) is 12.4. The van der Waals surface area contributed by atoms with Gasteiger partial charge in [0.15, 0.2) is 5.82 Å². The fourth-order valence-corrected chi connectivity index (χ4v) is 3.54. The molecule has 1 aliphatic heterocycles. The van der Waals surface area contributed by atoms with E-state index in [0.717, 1.165) is 38.6 Å². The zero-order chi connectivity index (χ0) is 16.3. The molecule has 4 heterocycles. The molecule has 0 spiro atoms. The number of hydrogen-bond acceptors (Lipinski definition) is 4. The highest BCUT2D eigenvalue weighted by Crippen LogP contribution is 2.35. The van der Waals surface area contributed by atoms with Crippen LogP contribution >= 0.6 is 15.9 Å². The van der Waals surface area contributed by atoms with Crippen molar-refractivity contribution in [2.45, 2.75) is 6.54 Å². The van der Waals surface area contributed by atoms with Gasteiger partial charge in [-0.15, -0.1) is 0 Å². The minimum absolute atomic E-state index is 0.599. The molecule has 0 fully saturated rings. The van der Waals surface area contributed by atoms with Crippen LogP contribution < -0.4 is 0 Å². The second-order valence-corrected chi connectivity index (χ2v) is 6.57. The van der Waals surface area contributed by atoms with Crippen molar-refractivity contribution in [2.75, 3.05) is 0 Å². The lowest BCUT2D eigenvalue weighted by atomic mass is 10.1. The maximum atomic E-state index is 4.65. The summed E-state index contributed by atoms with van der Waals surface area (Å²) in [6.45, 7) is 0.599. The van der Waals surface area contributed by atoms with Crippen LogP contribution in [0.15, 0.2) is 47.6 Å². The Hall–Kier alpha value is -2.74. The number of benzene rings is 1. The minimum Gasteiger partial charge on any atom is -0.300 e. The van der Waals surface area contributed by atoms with Gasteiger partial charge >= 0.3 is 0 Å². The lowest BCUT2D eigenvalue weighted by Gasteiger charge is -2.09. The molecule has 0 unspecified atom stereocenters. The molecule has 0 amide bonds. The fraction of sp³-hybridized carbons (Fsp3) is 0.125. The highest BCUT2D eigenvalue weighted by Gasteiger charge is 2.25. The standard InChI is InChI=1S/C16H12BrN7/c1-22-13(4-5-20-22)15-14-7-24-16(18-8-21-24)11-6-10(17)2-3-12(11)23(14)9-19-15/h2-6,8-9H,7H2,1H3. The van der Waals surface area contributed by atoms with Gasteiger partial charge in [-0.3, -0.25) is 9.25 Å². The Morgan fingerprint density at radius 3 is 2.88 bits per heavy atom. The van der Waals surface area contributed by atoms with Gasteiger partial charge in [-0.1, -0.05) is 15.9 Å². The molecule has 4 aromatic rings. The van der Waals surface area contributed by atoms with E-state index in [9.17, 15) is 0 Å². The van der Waals surface area contributed by atoms with Gasteiger partial charge in [0.25, 0.3) is 0 Å². The minimum atomic E-state index is 0.599. The first-order chi connectivity index (χ1) is 11.7. The predicted molar refractivity (Wildman–Crippen MR) is 91.6 cm³/mol. The monoisotopic (exact) mass is 381 g/mol. The second kappa shape index (κ2) is 4.88. The number of rotatable bonds is 1. The van der Waals surface area contributed by atoms with Crippen LogP contribution in [0.2, 0.25) is 0 Å². The Labute approximate surface area is 145 Å². The number of halogens is 1. The van der Waals surface area contributed by atoms with Crippen molar-refractivity contribution in [1.29, 1.82) is 0 Å². The van der Waals surface area contributed by atoms with E-state index < -0.39 is 0 Å². The number of imidazole rings is 1. The largest absolute Gasteiger partial charge is 0.300 e. The molecule has 0 radical (unpaired) electrons. The summed E-state index contributed by atoms with van der Waals surface area (Å²) in [5, 5.41) is 8.66. The summed E-state index contributed by atoms with van der Waals surface area (Å²) >= 11 is 3.55. The smallest absolute Gasteiger partial charge is 0.160 e. The molecule has 7 nitrogen and oxygen atoms in total. The van der Waals surface area contributed by atoms with Crippen LogP contribution in [0, 0.1) is 0 Å². The van der Waals surface area contributed by atoms with Gasteiger partial charge < -0.3 is 0 Å². The topological polar surface area (TPSA) is 66.3 Å². The van der Waals surface area contributed by atoms with Gasteiger partial charge in [-0.25, -0.2) is 14.6 Å². The van der Waals surface area contributed by atoms with E-state index in [1.165, 1.54) is 0 Å². The van der Waals surface area contributed by atoms with Crippen LogP contribution in [0.25, 0.3) is 28.5 Å².